The van der Waals surface area contributed by atoms with Crippen molar-refractivity contribution in [1.29, 1.82) is 0 Å². The lowest BCUT2D eigenvalue weighted by atomic mass is 10.1. The number of rotatable bonds is 3. The van der Waals surface area contributed by atoms with Crippen molar-refractivity contribution in [3.05, 3.63) is 35.6 Å². The second kappa shape index (κ2) is 4.60. The Morgan fingerprint density at radius 3 is 2.23 bits per heavy atom. The molecule has 0 aromatic heterocycles. The molecule has 1 aromatic rings. The Bertz CT molecular complexity index is 263. The zero-order chi connectivity index (χ0) is 9.84. The third-order valence-corrected chi connectivity index (χ3v) is 2.14. The van der Waals surface area contributed by atoms with Crippen molar-refractivity contribution in [1.82, 2.24) is 0 Å². The van der Waals surface area contributed by atoms with Crippen LogP contribution in [-0.4, -0.2) is 22.1 Å². The van der Waals surface area contributed by atoms with E-state index in [1.165, 1.54) is 24.3 Å². The highest BCUT2D eigenvalue weighted by molar-refractivity contribution is 7.80. The van der Waals surface area contributed by atoms with Crippen LogP contribution < -0.4 is 0 Å². The first kappa shape index (κ1) is 10.5. The maximum absolute atomic E-state index is 12.5. The lowest BCUT2D eigenvalue weighted by Crippen LogP contribution is -2.19. The highest BCUT2D eigenvalue weighted by atomic mass is 32.1. The molecule has 0 aliphatic carbocycles. The van der Waals surface area contributed by atoms with Gasteiger partial charge in [0.25, 0.3) is 0 Å². The zero-order valence-electron chi connectivity index (χ0n) is 6.89. The van der Waals surface area contributed by atoms with E-state index < -0.39 is 12.2 Å². The van der Waals surface area contributed by atoms with Crippen LogP contribution in [-0.2, 0) is 0 Å². The monoisotopic (exact) mass is 202 g/mol. The van der Waals surface area contributed by atoms with Crippen LogP contribution in [0.15, 0.2) is 24.3 Å². The molecule has 2 N–H and O–H groups in total. The maximum atomic E-state index is 12.5. The second-order valence-electron chi connectivity index (χ2n) is 2.75. The normalized spacial score (nSPS) is 15.4. The van der Waals surface area contributed by atoms with E-state index in [0.717, 1.165) is 0 Å². The number of benzene rings is 1. The Morgan fingerprint density at radius 1 is 1.23 bits per heavy atom. The fourth-order valence-electron chi connectivity index (χ4n) is 0.982. The molecule has 2 unspecified atom stereocenters. The molecular weight excluding hydrogens is 191 g/mol. The lowest BCUT2D eigenvalue weighted by molar-refractivity contribution is 0.0337. The van der Waals surface area contributed by atoms with E-state index in [9.17, 15) is 14.6 Å². The average molecular weight is 202 g/mol. The molecule has 0 saturated carbocycles. The van der Waals surface area contributed by atoms with E-state index in [2.05, 4.69) is 12.6 Å². The van der Waals surface area contributed by atoms with Gasteiger partial charge in [-0.2, -0.15) is 12.6 Å². The highest BCUT2D eigenvalue weighted by Crippen LogP contribution is 2.17. The van der Waals surface area contributed by atoms with E-state index in [1.807, 2.05) is 0 Å². The largest absolute Gasteiger partial charge is 0.389 e. The van der Waals surface area contributed by atoms with Crippen molar-refractivity contribution in [3.8, 4) is 0 Å². The van der Waals surface area contributed by atoms with Gasteiger partial charge in [-0.25, -0.2) is 4.39 Å². The molecule has 2 atom stereocenters. The Balaban J connectivity index is 2.77. The first-order chi connectivity index (χ1) is 6.15. The summed E-state index contributed by atoms with van der Waals surface area (Å²) in [4.78, 5) is 0. The molecule has 0 fully saturated rings. The Kier molecular flexibility index (Phi) is 3.71. The van der Waals surface area contributed by atoms with Gasteiger partial charge in [-0.15, -0.1) is 0 Å². The summed E-state index contributed by atoms with van der Waals surface area (Å²) in [6, 6.07) is 5.35. The van der Waals surface area contributed by atoms with Gasteiger partial charge in [0.2, 0.25) is 0 Å². The average Bonchev–Trinajstić information content (AvgIpc) is 2.17. The van der Waals surface area contributed by atoms with Crippen molar-refractivity contribution >= 4 is 12.6 Å². The van der Waals surface area contributed by atoms with Crippen molar-refractivity contribution in [2.24, 2.45) is 0 Å². The molecule has 0 heterocycles. The van der Waals surface area contributed by atoms with Crippen LogP contribution in [0.2, 0.25) is 0 Å². The first-order valence-corrected chi connectivity index (χ1v) is 4.51. The summed E-state index contributed by atoms with van der Waals surface area (Å²) in [5, 5.41) is 18.7. The SMILES string of the molecule is OC(CS)C(O)c1ccc(F)cc1. The predicted molar refractivity (Wildman–Crippen MR) is 51.2 cm³/mol. The maximum Gasteiger partial charge on any atom is 0.123 e. The summed E-state index contributed by atoms with van der Waals surface area (Å²) < 4.78 is 12.5. The summed E-state index contributed by atoms with van der Waals surface area (Å²) in [7, 11) is 0. The zero-order valence-corrected chi connectivity index (χ0v) is 7.79. The number of hydrogen-bond donors (Lipinski definition) is 3. The number of hydrogen-bond acceptors (Lipinski definition) is 3. The first-order valence-electron chi connectivity index (χ1n) is 3.87. The fourth-order valence-corrected chi connectivity index (χ4v) is 1.18. The highest BCUT2D eigenvalue weighted by Gasteiger charge is 2.16. The molecule has 1 rings (SSSR count). The molecule has 0 saturated heterocycles. The van der Waals surface area contributed by atoms with Crippen molar-refractivity contribution < 1.29 is 14.6 Å². The van der Waals surface area contributed by atoms with Crippen LogP contribution in [0.4, 0.5) is 4.39 Å². The van der Waals surface area contributed by atoms with Crippen molar-refractivity contribution in [3.63, 3.8) is 0 Å². The minimum absolute atomic E-state index is 0.165. The molecule has 0 aliphatic rings. The van der Waals surface area contributed by atoms with Crippen LogP contribution in [0, 0.1) is 5.82 Å². The van der Waals surface area contributed by atoms with Gasteiger partial charge < -0.3 is 10.2 Å². The second-order valence-corrected chi connectivity index (χ2v) is 3.11. The number of aliphatic hydroxyl groups is 2. The number of aliphatic hydroxyl groups excluding tert-OH is 2. The lowest BCUT2D eigenvalue weighted by Gasteiger charge is -2.15. The van der Waals surface area contributed by atoms with Crippen molar-refractivity contribution in [2.75, 3.05) is 5.75 Å². The van der Waals surface area contributed by atoms with E-state index in [4.69, 9.17) is 0 Å². The Labute approximate surface area is 81.4 Å². The molecule has 13 heavy (non-hydrogen) atoms. The van der Waals surface area contributed by atoms with Crippen LogP contribution in [0.25, 0.3) is 0 Å². The van der Waals surface area contributed by atoms with E-state index in [-0.39, 0.29) is 11.6 Å². The summed E-state index contributed by atoms with van der Waals surface area (Å²) in [6.45, 7) is 0. The standard InChI is InChI=1S/C9H11FO2S/c10-7-3-1-6(2-4-7)9(12)8(11)5-13/h1-4,8-9,11-13H,5H2. The van der Waals surface area contributed by atoms with Crippen molar-refractivity contribution in [2.45, 2.75) is 12.2 Å². The minimum Gasteiger partial charge on any atom is -0.389 e. The molecule has 72 valence electrons. The molecular formula is C9H11FO2S. The molecule has 0 radical (unpaired) electrons. The summed E-state index contributed by atoms with van der Waals surface area (Å²) >= 11 is 3.84. The van der Waals surface area contributed by atoms with E-state index in [1.54, 1.807) is 0 Å². The Morgan fingerprint density at radius 2 is 1.77 bits per heavy atom. The van der Waals surface area contributed by atoms with Gasteiger partial charge >= 0.3 is 0 Å². The third-order valence-electron chi connectivity index (χ3n) is 1.76. The van der Waals surface area contributed by atoms with Crippen LogP contribution in [0.3, 0.4) is 0 Å². The molecule has 0 bridgehead atoms. The van der Waals surface area contributed by atoms with Gasteiger partial charge in [-0.3, -0.25) is 0 Å². The molecule has 1 aromatic carbocycles. The predicted octanol–water partition coefficient (Wildman–Crippen LogP) is 1.15. The fraction of sp³-hybridized carbons (Fsp3) is 0.333. The van der Waals surface area contributed by atoms with Crippen LogP contribution >= 0.6 is 12.6 Å². The van der Waals surface area contributed by atoms with E-state index >= 15 is 0 Å². The number of halogens is 1. The molecule has 2 nitrogen and oxygen atoms in total. The summed E-state index contributed by atoms with van der Waals surface area (Å²) in [6.07, 6.45) is -1.92. The Hall–Kier alpha value is -0.580. The minimum atomic E-state index is -1.00. The van der Waals surface area contributed by atoms with Gasteiger partial charge in [-0.05, 0) is 17.7 Å². The van der Waals surface area contributed by atoms with Gasteiger partial charge in [0.05, 0.1) is 6.10 Å². The number of thiol groups is 1. The smallest absolute Gasteiger partial charge is 0.123 e. The quantitative estimate of drug-likeness (QED) is 0.643. The van der Waals surface area contributed by atoms with Gasteiger partial charge in [0.15, 0.2) is 0 Å². The molecule has 0 aliphatic heterocycles. The van der Waals surface area contributed by atoms with Gasteiger partial charge in [0, 0.05) is 5.75 Å². The topological polar surface area (TPSA) is 40.5 Å². The summed E-state index contributed by atoms with van der Waals surface area (Å²) in [5.74, 6) is -0.199. The van der Waals surface area contributed by atoms with E-state index in [0.29, 0.717) is 5.56 Å². The molecule has 4 heteroatoms. The third kappa shape index (κ3) is 2.69. The van der Waals surface area contributed by atoms with Gasteiger partial charge in [-0.1, -0.05) is 12.1 Å². The summed E-state index contributed by atoms with van der Waals surface area (Å²) in [5.41, 5.74) is 0.489. The molecule has 0 spiro atoms. The van der Waals surface area contributed by atoms with Crippen LogP contribution in [0.1, 0.15) is 11.7 Å². The van der Waals surface area contributed by atoms with Crippen LogP contribution in [0.5, 0.6) is 0 Å². The van der Waals surface area contributed by atoms with Gasteiger partial charge in [0.1, 0.15) is 11.9 Å². The molecule has 0 amide bonds.